The largest absolute Gasteiger partial charge is 0.456 e. The molecule has 0 fully saturated rings. The van der Waals surface area contributed by atoms with E-state index in [0.29, 0.717) is 0 Å². The van der Waals surface area contributed by atoms with E-state index in [1.165, 1.54) is 54.8 Å². The summed E-state index contributed by atoms with van der Waals surface area (Å²) in [4.78, 5) is 3.38. The first-order valence-electron chi connectivity index (χ1n) is 13.3. The van der Waals surface area contributed by atoms with Gasteiger partial charge in [-0.3, -0.25) is 0 Å². The normalized spacial score (nSPS) is 11.5. The second-order valence-corrected chi connectivity index (χ2v) is 9.80. The topological polar surface area (TPSA) is 28.9 Å². The summed E-state index contributed by atoms with van der Waals surface area (Å²) < 4.78 is 5.65. The smallest absolute Gasteiger partial charge is 0.135 e. The molecule has 0 saturated heterocycles. The summed E-state index contributed by atoms with van der Waals surface area (Å²) in [5.41, 5.74) is 10.1. The van der Waals surface area contributed by atoms with E-state index < -0.39 is 0 Å². The van der Waals surface area contributed by atoms with Crippen LogP contribution in [0.3, 0.4) is 0 Å². The molecular formula is C37H27NO. The molecular weight excluding hydrogens is 474 g/mol. The third-order valence-corrected chi connectivity index (χ3v) is 7.40. The lowest BCUT2D eigenvalue weighted by Gasteiger charge is -1.98. The molecule has 8 aromatic rings. The summed E-state index contributed by atoms with van der Waals surface area (Å²) in [6, 6.07) is 50.3. The Hall–Kier alpha value is -5.08. The van der Waals surface area contributed by atoms with Crippen molar-refractivity contribution in [3.05, 3.63) is 157 Å². The zero-order chi connectivity index (χ0) is 26.0. The van der Waals surface area contributed by atoms with E-state index in [1.54, 1.807) is 0 Å². The maximum Gasteiger partial charge on any atom is 0.135 e. The van der Waals surface area contributed by atoms with Crippen LogP contribution in [0.1, 0.15) is 11.1 Å². The number of aromatic amines is 1. The summed E-state index contributed by atoms with van der Waals surface area (Å²) in [6.45, 7) is 0. The van der Waals surface area contributed by atoms with Crippen molar-refractivity contribution in [3.63, 3.8) is 0 Å². The summed E-state index contributed by atoms with van der Waals surface area (Å²) in [5.74, 6) is 0. The Kier molecular flexibility index (Phi) is 5.91. The van der Waals surface area contributed by atoms with Crippen molar-refractivity contribution in [1.29, 1.82) is 0 Å². The van der Waals surface area contributed by atoms with Crippen molar-refractivity contribution in [1.82, 2.24) is 4.98 Å². The van der Waals surface area contributed by atoms with E-state index in [4.69, 9.17) is 4.42 Å². The van der Waals surface area contributed by atoms with Gasteiger partial charge in [0.05, 0.1) is 0 Å². The molecule has 0 saturated carbocycles. The zero-order valence-corrected chi connectivity index (χ0v) is 21.5. The van der Waals surface area contributed by atoms with Gasteiger partial charge in [-0.25, -0.2) is 0 Å². The van der Waals surface area contributed by atoms with Gasteiger partial charge in [0, 0.05) is 32.6 Å². The van der Waals surface area contributed by atoms with Crippen LogP contribution >= 0.6 is 0 Å². The summed E-state index contributed by atoms with van der Waals surface area (Å²) in [7, 11) is 0. The molecule has 0 amide bonds. The fraction of sp³-hybridized carbons (Fsp3) is 0.0270. The third-order valence-electron chi connectivity index (χ3n) is 7.40. The molecule has 39 heavy (non-hydrogen) atoms. The van der Waals surface area contributed by atoms with Gasteiger partial charge < -0.3 is 9.40 Å². The van der Waals surface area contributed by atoms with Crippen molar-refractivity contribution in [2.75, 3.05) is 0 Å². The van der Waals surface area contributed by atoms with Gasteiger partial charge in [0.15, 0.2) is 0 Å². The minimum atomic E-state index is 0.962. The summed E-state index contributed by atoms with van der Waals surface area (Å²) in [5, 5.41) is 4.99. The van der Waals surface area contributed by atoms with Crippen molar-refractivity contribution in [3.8, 4) is 11.1 Å². The highest BCUT2D eigenvalue weighted by Crippen LogP contribution is 2.35. The first-order chi connectivity index (χ1) is 19.3. The van der Waals surface area contributed by atoms with Gasteiger partial charge in [-0.2, -0.15) is 0 Å². The van der Waals surface area contributed by atoms with Crippen LogP contribution in [0.2, 0.25) is 0 Å². The number of aromatic nitrogens is 1. The van der Waals surface area contributed by atoms with Gasteiger partial charge in [-0.1, -0.05) is 121 Å². The fourth-order valence-corrected chi connectivity index (χ4v) is 5.55. The van der Waals surface area contributed by atoms with Crippen LogP contribution in [0.15, 0.2) is 150 Å². The van der Waals surface area contributed by atoms with Gasteiger partial charge in [-0.05, 0) is 52.9 Å². The lowest BCUT2D eigenvalue weighted by Crippen LogP contribution is -1.77. The van der Waals surface area contributed by atoms with Crippen LogP contribution in [0.25, 0.3) is 54.9 Å². The lowest BCUT2D eigenvalue weighted by atomic mass is 10.1. The number of para-hydroxylation sites is 4. The molecule has 0 unspecified atom stereocenters. The zero-order valence-electron chi connectivity index (χ0n) is 21.5. The fourth-order valence-electron chi connectivity index (χ4n) is 5.55. The van der Waals surface area contributed by atoms with Gasteiger partial charge in [0.25, 0.3) is 0 Å². The van der Waals surface area contributed by atoms with Gasteiger partial charge in [0.1, 0.15) is 11.2 Å². The van der Waals surface area contributed by atoms with Gasteiger partial charge in [0.2, 0.25) is 0 Å². The molecule has 2 heterocycles. The Morgan fingerprint density at radius 2 is 0.769 bits per heavy atom. The maximum atomic E-state index is 5.65. The minimum absolute atomic E-state index is 0.962. The Morgan fingerprint density at radius 3 is 1.28 bits per heavy atom. The van der Waals surface area contributed by atoms with Crippen LogP contribution in [0.5, 0.6) is 0 Å². The molecule has 9 rings (SSSR count). The molecule has 2 aromatic heterocycles. The van der Waals surface area contributed by atoms with Crippen LogP contribution in [0, 0.1) is 0 Å². The van der Waals surface area contributed by atoms with E-state index in [1.807, 2.05) is 36.4 Å². The molecule has 0 atom stereocenters. The number of fused-ring (bicyclic) bond motifs is 9. The molecule has 2 nitrogen and oxygen atoms in total. The van der Waals surface area contributed by atoms with E-state index in [0.717, 1.165) is 17.6 Å². The molecule has 1 N–H and O–H groups in total. The van der Waals surface area contributed by atoms with Crippen molar-refractivity contribution >= 4 is 43.7 Å². The highest BCUT2D eigenvalue weighted by atomic mass is 16.3. The third kappa shape index (κ3) is 4.36. The van der Waals surface area contributed by atoms with Gasteiger partial charge in [-0.15, -0.1) is 0 Å². The second kappa shape index (κ2) is 10.00. The minimum Gasteiger partial charge on any atom is -0.456 e. The van der Waals surface area contributed by atoms with Crippen molar-refractivity contribution in [2.45, 2.75) is 6.42 Å². The molecule has 0 aliphatic heterocycles. The highest BCUT2D eigenvalue weighted by molar-refractivity contribution is 6.07. The van der Waals surface area contributed by atoms with Crippen LogP contribution in [0.4, 0.5) is 0 Å². The molecule has 6 aromatic carbocycles. The van der Waals surface area contributed by atoms with Crippen LogP contribution < -0.4 is 0 Å². The highest BCUT2D eigenvalue weighted by Gasteiger charge is 2.15. The van der Waals surface area contributed by atoms with E-state index >= 15 is 0 Å². The molecule has 0 spiro atoms. The van der Waals surface area contributed by atoms with Crippen LogP contribution in [-0.2, 0) is 6.42 Å². The number of furan rings is 1. The number of rotatable bonds is 0. The van der Waals surface area contributed by atoms with Crippen molar-refractivity contribution < 1.29 is 4.42 Å². The molecule has 186 valence electrons. The molecule has 1 aliphatic rings. The van der Waals surface area contributed by atoms with E-state index in [2.05, 4.69) is 114 Å². The predicted molar refractivity (Wildman–Crippen MR) is 164 cm³/mol. The molecule has 2 heteroatoms. The first kappa shape index (κ1) is 23.1. The Labute approximate surface area is 227 Å². The van der Waals surface area contributed by atoms with E-state index in [-0.39, 0.29) is 0 Å². The Bertz CT molecular complexity index is 1810. The average Bonchev–Trinajstić information content (AvgIpc) is 3.69. The molecule has 0 bridgehead atoms. The predicted octanol–water partition coefficient (Wildman–Crippen LogP) is 10.2. The second-order valence-electron chi connectivity index (χ2n) is 9.80. The number of hydrogen-bond acceptors (Lipinski definition) is 1. The lowest BCUT2D eigenvalue weighted by molar-refractivity contribution is 0.669. The summed E-state index contributed by atoms with van der Waals surface area (Å²) >= 11 is 0. The molecule has 1 aliphatic carbocycles. The number of hydrogen-bond donors (Lipinski definition) is 1. The van der Waals surface area contributed by atoms with Crippen molar-refractivity contribution in [2.24, 2.45) is 0 Å². The average molecular weight is 502 g/mol. The van der Waals surface area contributed by atoms with E-state index in [9.17, 15) is 0 Å². The monoisotopic (exact) mass is 501 g/mol. The van der Waals surface area contributed by atoms with Crippen LogP contribution in [-0.4, -0.2) is 4.98 Å². The van der Waals surface area contributed by atoms with Gasteiger partial charge >= 0.3 is 0 Å². The molecule has 0 radical (unpaired) electrons. The Morgan fingerprint density at radius 1 is 0.385 bits per heavy atom. The quantitative estimate of drug-likeness (QED) is 0.220. The number of benzene rings is 6. The standard InChI is InChI=1S/C13H10.C12H9N.C12H8O/c1-3-7-12-10(5-1)9-11-6-2-4-8-13(11)12;2*1-3-7-11-9(5-1)10-6-2-4-8-12(10)13-11/h1-8H,9H2;1-8,13H;1-8H. The Balaban J connectivity index is 0.0000000974. The maximum absolute atomic E-state index is 5.65. The summed E-state index contributed by atoms with van der Waals surface area (Å²) in [6.07, 6.45) is 1.10. The first-order valence-corrected chi connectivity index (χ1v) is 13.3. The number of nitrogens with one attached hydrogen (secondary N) is 1. The SMILES string of the molecule is c1ccc2c(c1)Cc1ccccc1-2.c1ccc2c(c1)[nH]c1ccccc12.c1ccc2c(c1)oc1ccccc12. The number of H-pyrrole nitrogens is 1.